The van der Waals surface area contributed by atoms with E-state index in [0.29, 0.717) is 31.0 Å². The van der Waals surface area contributed by atoms with Crippen LogP contribution in [0, 0.1) is 0 Å². The lowest BCUT2D eigenvalue weighted by Crippen LogP contribution is -2.33. The van der Waals surface area contributed by atoms with E-state index in [4.69, 9.17) is 9.15 Å². The van der Waals surface area contributed by atoms with Gasteiger partial charge in [-0.05, 0) is 42.8 Å². The molecule has 0 aliphatic carbocycles. The topological polar surface area (TPSA) is 88.9 Å². The highest BCUT2D eigenvalue weighted by molar-refractivity contribution is 9.10. The van der Waals surface area contributed by atoms with Crippen LogP contribution in [0.25, 0.3) is 0 Å². The van der Waals surface area contributed by atoms with Crippen molar-refractivity contribution in [1.29, 1.82) is 0 Å². The molecule has 1 saturated heterocycles. The van der Waals surface area contributed by atoms with Crippen LogP contribution in [0.15, 0.2) is 45.3 Å². The summed E-state index contributed by atoms with van der Waals surface area (Å²) in [6.45, 7) is 0.887. The molecule has 0 spiro atoms. The molecule has 1 fully saturated rings. The summed E-state index contributed by atoms with van der Waals surface area (Å²) < 4.78 is 12.1. The van der Waals surface area contributed by atoms with Crippen molar-refractivity contribution in [2.75, 3.05) is 13.1 Å². The highest BCUT2D eigenvalue weighted by atomic mass is 79.9. The second kappa shape index (κ2) is 8.85. The molecule has 0 bridgehead atoms. The highest BCUT2D eigenvalue weighted by Crippen LogP contribution is 2.18. The van der Waals surface area contributed by atoms with Gasteiger partial charge in [-0.3, -0.25) is 19.3 Å². The van der Waals surface area contributed by atoms with Crippen molar-refractivity contribution in [2.24, 2.45) is 0 Å². The Bertz CT molecular complexity index is 815. The molecule has 27 heavy (non-hydrogen) atoms. The van der Waals surface area contributed by atoms with Gasteiger partial charge in [0.25, 0.3) is 5.91 Å². The number of imide groups is 1. The summed E-state index contributed by atoms with van der Waals surface area (Å²) in [5.41, 5.74) is 0. The molecule has 2 aromatic rings. The molecule has 1 aromatic heterocycles. The number of halogens is 1. The third-order valence-electron chi connectivity index (χ3n) is 4.08. The van der Waals surface area contributed by atoms with E-state index in [1.807, 2.05) is 24.3 Å². The van der Waals surface area contributed by atoms with Gasteiger partial charge in [-0.1, -0.05) is 15.9 Å². The van der Waals surface area contributed by atoms with Crippen LogP contribution in [0.5, 0.6) is 5.75 Å². The zero-order valence-corrected chi connectivity index (χ0v) is 16.2. The number of hydrogen-bond acceptors (Lipinski definition) is 5. The van der Waals surface area contributed by atoms with E-state index >= 15 is 0 Å². The van der Waals surface area contributed by atoms with Crippen molar-refractivity contribution in [3.05, 3.63) is 52.4 Å². The number of rotatable bonds is 8. The summed E-state index contributed by atoms with van der Waals surface area (Å²) in [5, 5.41) is 2.72. The first-order valence-electron chi connectivity index (χ1n) is 8.61. The first-order valence-corrected chi connectivity index (χ1v) is 9.41. The number of nitrogens with zero attached hydrogens (tertiary/aromatic N) is 1. The Hall–Kier alpha value is -2.61. The molecular formula is C19H19BrN2O5. The van der Waals surface area contributed by atoms with Gasteiger partial charge in [-0.15, -0.1) is 0 Å². The molecule has 1 aromatic carbocycles. The molecule has 7 nitrogen and oxygen atoms in total. The van der Waals surface area contributed by atoms with Crippen molar-refractivity contribution in [2.45, 2.75) is 25.9 Å². The van der Waals surface area contributed by atoms with Gasteiger partial charge in [-0.25, -0.2) is 0 Å². The summed E-state index contributed by atoms with van der Waals surface area (Å²) >= 11 is 3.36. The molecule has 8 heteroatoms. The summed E-state index contributed by atoms with van der Waals surface area (Å²) in [5.74, 6) is 0.796. The number of benzene rings is 1. The number of hydrogen-bond donors (Lipinski definition) is 1. The van der Waals surface area contributed by atoms with Gasteiger partial charge in [0.1, 0.15) is 18.1 Å². The van der Waals surface area contributed by atoms with E-state index in [-0.39, 0.29) is 42.9 Å². The first-order chi connectivity index (χ1) is 13.0. The summed E-state index contributed by atoms with van der Waals surface area (Å²) in [7, 11) is 0. The fourth-order valence-electron chi connectivity index (χ4n) is 2.66. The Morgan fingerprint density at radius 3 is 2.52 bits per heavy atom. The minimum absolute atomic E-state index is 0.146. The van der Waals surface area contributed by atoms with E-state index in [9.17, 15) is 14.4 Å². The van der Waals surface area contributed by atoms with Crippen LogP contribution in [0.2, 0.25) is 0 Å². The number of furan rings is 1. The second-order valence-corrected chi connectivity index (χ2v) is 6.97. The predicted molar refractivity (Wildman–Crippen MR) is 100 cm³/mol. The zero-order valence-electron chi connectivity index (χ0n) is 14.6. The van der Waals surface area contributed by atoms with Gasteiger partial charge in [0.05, 0.1) is 0 Å². The molecule has 142 valence electrons. The monoisotopic (exact) mass is 434 g/mol. The lowest BCUT2D eigenvalue weighted by Gasteiger charge is -2.13. The lowest BCUT2D eigenvalue weighted by molar-refractivity contribution is -0.138. The Morgan fingerprint density at radius 1 is 1.11 bits per heavy atom. The highest BCUT2D eigenvalue weighted by Gasteiger charge is 2.27. The predicted octanol–water partition coefficient (Wildman–Crippen LogP) is 2.89. The molecule has 0 atom stereocenters. The van der Waals surface area contributed by atoms with E-state index in [0.717, 1.165) is 4.47 Å². The smallest absolute Gasteiger partial charge is 0.286 e. The average Bonchev–Trinajstić information content (AvgIpc) is 3.26. The number of amides is 3. The minimum Gasteiger partial charge on any atom is -0.486 e. The minimum atomic E-state index is -0.344. The maximum absolute atomic E-state index is 12.1. The van der Waals surface area contributed by atoms with Crippen LogP contribution in [-0.2, 0) is 16.2 Å². The lowest BCUT2D eigenvalue weighted by atomic mass is 10.3. The van der Waals surface area contributed by atoms with Crippen molar-refractivity contribution in [1.82, 2.24) is 10.2 Å². The summed E-state index contributed by atoms with van der Waals surface area (Å²) in [4.78, 5) is 36.4. The third-order valence-corrected chi connectivity index (χ3v) is 4.61. The van der Waals surface area contributed by atoms with Crippen LogP contribution in [0.3, 0.4) is 0 Å². The quantitative estimate of drug-likeness (QED) is 0.509. The Morgan fingerprint density at radius 2 is 1.81 bits per heavy atom. The van der Waals surface area contributed by atoms with Crippen molar-refractivity contribution < 1.29 is 23.5 Å². The Kier molecular flexibility index (Phi) is 6.28. The van der Waals surface area contributed by atoms with Gasteiger partial charge in [0.2, 0.25) is 11.8 Å². The first kappa shape index (κ1) is 19.2. The molecule has 1 aliphatic heterocycles. The molecule has 3 amide bonds. The summed E-state index contributed by atoms with van der Waals surface area (Å²) in [6, 6.07) is 10.7. The van der Waals surface area contributed by atoms with Gasteiger partial charge < -0.3 is 14.5 Å². The van der Waals surface area contributed by atoms with Gasteiger partial charge in [0, 0.05) is 30.4 Å². The molecule has 0 unspecified atom stereocenters. The zero-order chi connectivity index (χ0) is 19.2. The fourth-order valence-corrected chi connectivity index (χ4v) is 2.93. The number of ether oxygens (including phenoxy) is 1. The standard InChI is InChI=1S/C19H19BrN2O5/c20-13-2-4-14(5-3-13)26-12-15-6-7-16(27-15)19(25)21-10-1-11-22-17(23)8-9-18(22)24/h2-7H,1,8-12H2,(H,21,25). The van der Waals surface area contributed by atoms with Crippen LogP contribution < -0.4 is 10.1 Å². The molecule has 2 heterocycles. The number of likely N-dealkylation sites (tertiary alicyclic amines) is 1. The second-order valence-electron chi connectivity index (χ2n) is 6.06. The summed E-state index contributed by atoms with van der Waals surface area (Å²) in [6.07, 6.45) is 1.06. The van der Waals surface area contributed by atoms with Crippen LogP contribution in [0.1, 0.15) is 35.6 Å². The Labute approximate surface area is 164 Å². The van der Waals surface area contributed by atoms with Gasteiger partial charge >= 0.3 is 0 Å². The van der Waals surface area contributed by atoms with Crippen molar-refractivity contribution in [3.8, 4) is 5.75 Å². The van der Waals surface area contributed by atoms with E-state index in [1.165, 1.54) is 4.90 Å². The largest absolute Gasteiger partial charge is 0.486 e. The third kappa shape index (κ3) is 5.19. The molecular weight excluding hydrogens is 416 g/mol. The molecule has 0 radical (unpaired) electrons. The number of carbonyl (C=O) groups excluding carboxylic acids is 3. The van der Waals surface area contributed by atoms with Crippen LogP contribution in [0.4, 0.5) is 0 Å². The molecule has 1 aliphatic rings. The normalized spacial score (nSPS) is 13.9. The Balaban J connectivity index is 1.40. The van der Waals surface area contributed by atoms with Crippen molar-refractivity contribution >= 4 is 33.7 Å². The maximum atomic E-state index is 12.1. The van der Waals surface area contributed by atoms with Gasteiger partial charge in [0.15, 0.2) is 5.76 Å². The number of nitrogens with one attached hydrogen (secondary N) is 1. The molecule has 1 N–H and O–H groups in total. The molecule has 3 rings (SSSR count). The van der Waals surface area contributed by atoms with E-state index in [2.05, 4.69) is 21.2 Å². The SMILES string of the molecule is O=C(NCCCN1C(=O)CCC1=O)c1ccc(COc2ccc(Br)cc2)o1. The fraction of sp³-hybridized carbons (Fsp3) is 0.316. The van der Waals surface area contributed by atoms with Crippen molar-refractivity contribution in [3.63, 3.8) is 0 Å². The molecule has 0 saturated carbocycles. The van der Waals surface area contributed by atoms with E-state index < -0.39 is 0 Å². The van der Waals surface area contributed by atoms with Crippen LogP contribution in [-0.4, -0.2) is 35.7 Å². The van der Waals surface area contributed by atoms with Crippen LogP contribution >= 0.6 is 15.9 Å². The van der Waals surface area contributed by atoms with Gasteiger partial charge in [-0.2, -0.15) is 0 Å². The maximum Gasteiger partial charge on any atom is 0.286 e. The van der Waals surface area contributed by atoms with E-state index in [1.54, 1.807) is 12.1 Å². The average molecular weight is 435 g/mol. The number of carbonyl (C=O) groups is 3.